The Morgan fingerprint density at radius 3 is 2.33 bits per heavy atom. The third-order valence-corrected chi connectivity index (χ3v) is 1.22. The molecule has 0 aromatic heterocycles. The molecule has 0 aliphatic carbocycles. The fraction of sp³-hybridized carbons (Fsp3) is 0.333. The van der Waals surface area contributed by atoms with E-state index in [9.17, 15) is 0 Å². The Hall–Kier alpha value is -0.960. The molecule has 0 aliphatic rings. The Bertz CT molecular complexity index is 175. The maximum Gasteiger partial charge on any atom is 0.00156 e. The lowest BCUT2D eigenvalue weighted by Gasteiger charge is -1.91. The van der Waals surface area contributed by atoms with Crippen molar-refractivity contribution in [3.05, 3.63) is 23.3 Å². The Kier molecular flexibility index (Phi) is 3.55. The number of hydrogen-bond donors (Lipinski definition) is 0. The molecule has 0 aromatic rings. The monoisotopic (exact) mass is 120 g/mol. The molecule has 0 bridgehead atoms. The van der Waals surface area contributed by atoms with Gasteiger partial charge in [0.05, 0.1) is 0 Å². The van der Waals surface area contributed by atoms with Gasteiger partial charge in [-0.1, -0.05) is 18.1 Å². The standard InChI is InChI=1S/C9H12/c1-5-7-9(4)8(3)6-2/h2,5,7H,1,3-4H3/b7-5-,9-8-. The fourth-order valence-electron chi connectivity index (χ4n) is 0.489. The van der Waals surface area contributed by atoms with Gasteiger partial charge in [-0.2, -0.15) is 0 Å². The van der Waals surface area contributed by atoms with Crippen molar-refractivity contribution in [1.82, 2.24) is 0 Å². The van der Waals surface area contributed by atoms with Crippen molar-refractivity contribution in [3.8, 4) is 12.3 Å². The van der Waals surface area contributed by atoms with Gasteiger partial charge in [0, 0.05) is 5.57 Å². The summed E-state index contributed by atoms with van der Waals surface area (Å²) in [5.41, 5.74) is 2.17. The molecule has 0 saturated carbocycles. The van der Waals surface area contributed by atoms with Crippen LogP contribution in [0.5, 0.6) is 0 Å². The maximum absolute atomic E-state index is 5.16. The zero-order valence-electron chi connectivity index (χ0n) is 6.23. The first-order chi connectivity index (χ1) is 4.22. The molecular formula is C9H12. The van der Waals surface area contributed by atoms with Crippen LogP contribution in [0.25, 0.3) is 0 Å². The zero-order valence-corrected chi connectivity index (χ0v) is 6.23. The van der Waals surface area contributed by atoms with Gasteiger partial charge in [0.15, 0.2) is 0 Å². The highest BCUT2D eigenvalue weighted by Gasteiger charge is 1.84. The van der Waals surface area contributed by atoms with Gasteiger partial charge in [-0.05, 0) is 26.3 Å². The largest absolute Gasteiger partial charge is 0.115 e. The summed E-state index contributed by atoms with van der Waals surface area (Å²) in [5, 5.41) is 0. The first-order valence-electron chi connectivity index (χ1n) is 2.99. The molecule has 0 fully saturated rings. The SMILES string of the molecule is C#C/C(C)=C(C)\C=C/C. The van der Waals surface area contributed by atoms with E-state index < -0.39 is 0 Å². The molecule has 0 aromatic carbocycles. The van der Waals surface area contributed by atoms with Gasteiger partial charge in [0.2, 0.25) is 0 Å². The summed E-state index contributed by atoms with van der Waals surface area (Å²) in [5.74, 6) is 2.58. The normalized spacial score (nSPS) is 13.1. The Morgan fingerprint density at radius 2 is 2.00 bits per heavy atom. The summed E-state index contributed by atoms with van der Waals surface area (Å²) in [7, 11) is 0. The number of terminal acetylenes is 1. The van der Waals surface area contributed by atoms with Crippen LogP contribution in [-0.2, 0) is 0 Å². The van der Waals surface area contributed by atoms with Gasteiger partial charge in [-0.15, -0.1) is 6.42 Å². The second-order valence-corrected chi connectivity index (χ2v) is 1.95. The number of allylic oxidation sites excluding steroid dienone is 4. The van der Waals surface area contributed by atoms with Crippen LogP contribution in [0.4, 0.5) is 0 Å². The molecular weight excluding hydrogens is 108 g/mol. The van der Waals surface area contributed by atoms with Crippen LogP contribution in [0, 0.1) is 12.3 Å². The molecule has 0 rings (SSSR count). The molecule has 0 aliphatic heterocycles. The highest BCUT2D eigenvalue weighted by atomic mass is 13.9. The molecule has 0 radical (unpaired) electrons. The van der Waals surface area contributed by atoms with Crippen LogP contribution in [0.3, 0.4) is 0 Å². The summed E-state index contributed by atoms with van der Waals surface area (Å²) in [4.78, 5) is 0. The lowest BCUT2D eigenvalue weighted by Crippen LogP contribution is -1.73. The van der Waals surface area contributed by atoms with Crippen LogP contribution in [-0.4, -0.2) is 0 Å². The van der Waals surface area contributed by atoms with E-state index in [2.05, 4.69) is 5.92 Å². The van der Waals surface area contributed by atoms with Gasteiger partial charge in [0.25, 0.3) is 0 Å². The van der Waals surface area contributed by atoms with E-state index in [4.69, 9.17) is 6.42 Å². The molecule has 0 unspecified atom stereocenters. The zero-order chi connectivity index (χ0) is 7.28. The van der Waals surface area contributed by atoms with Gasteiger partial charge >= 0.3 is 0 Å². The van der Waals surface area contributed by atoms with Crippen LogP contribution >= 0.6 is 0 Å². The molecule has 0 heteroatoms. The maximum atomic E-state index is 5.16. The predicted molar refractivity (Wildman–Crippen MR) is 42.0 cm³/mol. The van der Waals surface area contributed by atoms with E-state index in [0.717, 1.165) is 5.57 Å². The highest BCUT2D eigenvalue weighted by Crippen LogP contribution is 2.01. The first-order valence-corrected chi connectivity index (χ1v) is 2.99. The summed E-state index contributed by atoms with van der Waals surface area (Å²) in [6.07, 6.45) is 9.15. The summed E-state index contributed by atoms with van der Waals surface area (Å²) in [6, 6.07) is 0. The highest BCUT2D eigenvalue weighted by molar-refractivity contribution is 5.33. The Labute approximate surface area is 57.3 Å². The van der Waals surface area contributed by atoms with Crippen molar-refractivity contribution < 1.29 is 0 Å². The van der Waals surface area contributed by atoms with Gasteiger partial charge < -0.3 is 0 Å². The minimum absolute atomic E-state index is 1.01. The molecule has 0 atom stereocenters. The Morgan fingerprint density at radius 1 is 1.44 bits per heavy atom. The van der Waals surface area contributed by atoms with E-state index in [1.807, 2.05) is 32.9 Å². The Balaban J connectivity index is 4.34. The topological polar surface area (TPSA) is 0 Å². The predicted octanol–water partition coefficient (Wildman–Crippen LogP) is 2.53. The van der Waals surface area contributed by atoms with Crippen molar-refractivity contribution in [1.29, 1.82) is 0 Å². The van der Waals surface area contributed by atoms with Crippen LogP contribution < -0.4 is 0 Å². The number of rotatable bonds is 1. The van der Waals surface area contributed by atoms with Crippen LogP contribution in [0.1, 0.15) is 20.8 Å². The van der Waals surface area contributed by atoms with Crippen molar-refractivity contribution in [2.24, 2.45) is 0 Å². The minimum Gasteiger partial charge on any atom is -0.115 e. The van der Waals surface area contributed by atoms with Crippen molar-refractivity contribution in [2.45, 2.75) is 20.8 Å². The third kappa shape index (κ3) is 2.77. The van der Waals surface area contributed by atoms with Crippen molar-refractivity contribution in [3.63, 3.8) is 0 Å². The molecule has 0 N–H and O–H groups in total. The van der Waals surface area contributed by atoms with E-state index in [1.165, 1.54) is 5.57 Å². The molecule has 48 valence electrons. The molecule has 9 heavy (non-hydrogen) atoms. The van der Waals surface area contributed by atoms with E-state index in [0.29, 0.717) is 0 Å². The quantitative estimate of drug-likeness (QED) is 0.368. The average molecular weight is 120 g/mol. The second-order valence-electron chi connectivity index (χ2n) is 1.95. The lowest BCUT2D eigenvalue weighted by molar-refractivity contribution is 1.40. The average Bonchev–Trinajstić information content (AvgIpc) is 1.87. The molecule has 0 saturated heterocycles. The lowest BCUT2D eigenvalue weighted by atomic mass is 10.1. The summed E-state index contributed by atoms with van der Waals surface area (Å²) < 4.78 is 0. The molecule has 0 amide bonds. The smallest absolute Gasteiger partial charge is 0.00156 e. The van der Waals surface area contributed by atoms with E-state index >= 15 is 0 Å². The fourth-order valence-corrected chi connectivity index (χ4v) is 0.489. The van der Waals surface area contributed by atoms with Gasteiger partial charge in [-0.25, -0.2) is 0 Å². The number of hydrogen-bond acceptors (Lipinski definition) is 0. The third-order valence-electron chi connectivity index (χ3n) is 1.22. The van der Waals surface area contributed by atoms with Crippen LogP contribution in [0.2, 0.25) is 0 Å². The molecule has 0 nitrogen and oxygen atoms in total. The molecule has 0 spiro atoms. The van der Waals surface area contributed by atoms with Crippen LogP contribution in [0.15, 0.2) is 23.3 Å². The van der Waals surface area contributed by atoms with Crippen molar-refractivity contribution >= 4 is 0 Å². The minimum atomic E-state index is 1.01. The summed E-state index contributed by atoms with van der Waals surface area (Å²) >= 11 is 0. The first kappa shape index (κ1) is 8.04. The summed E-state index contributed by atoms with van der Waals surface area (Å²) in [6.45, 7) is 5.93. The van der Waals surface area contributed by atoms with E-state index in [-0.39, 0.29) is 0 Å². The van der Waals surface area contributed by atoms with E-state index in [1.54, 1.807) is 0 Å². The van der Waals surface area contributed by atoms with Crippen molar-refractivity contribution in [2.75, 3.05) is 0 Å². The molecule has 0 heterocycles. The van der Waals surface area contributed by atoms with Gasteiger partial charge in [0.1, 0.15) is 0 Å². The van der Waals surface area contributed by atoms with Gasteiger partial charge in [-0.3, -0.25) is 0 Å². The second kappa shape index (κ2) is 3.97.